The Kier molecular flexibility index (Phi) is 7.34. The lowest BCUT2D eigenvalue weighted by molar-refractivity contribution is -0.386. The molecule has 0 aliphatic carbocycles. The predicted octanol–water partition coefficient (Wildman–Crippen LogP) is 4.13. The van der Waals surface area contributed by atoms with Crippen molar-refractivity contribution < 1.29 is 24.0 Å². The Bertz CT molecular complexity index is 1070. The number of nitro groups is 1. The fourth-order valence-corrected chi connectivity index (χ4v) is 3.44. The molecule has 0 bridgehead atoms. The normalized spacial score (nSPS) is 10.4. The van der Waals surface area contributed by atoms with Gasteiger partial charge in [-0.15, -0.1) is 0 Å². The van der Waals surface area contributed by atoms with E-state index in [0.717, 1.165) is 5.56 Å². The van der Waals surface area contributed by atoms with E-state index in [-0.39, 0.29) is 31.1 Å². The van der Waals surface area contributed by atoms with Gasteiger partial charge in [0.2, 0.25) is 0 Å². The van der Waals surface area contributed by atoms with Gasteiger partial charge in [0, 0.05) is 5.38 Å². The highest BCUT2D eigenvalue weighted by molar-refractivity contribution is 7.08. The van der Waals surface area contributed by atoms with E-state index in [1.54, 1.807) is 23.8 Å². The Morgan fingerprint density at radius 2 is 1.94 bits per heavy atom. The van der Waals surface area contributed by atoms with E-state index in [9.17, 15) is 19.7 Å². The lowest BCUT2D eigenvalue weighted by atomic mass is 10.1. The quantitative estimate of drug-likeness (QED) is 0.232. The molecule has 3 rings (SSSR count). The van der Waals surface area contributed by atoms with Crippen molar-refractivity contribution in [2.24, 2.45) is 0 Å². The third-order valence-corrected chi connectivity index (χ3v) is 4.94. The number of hydrogen-bond acceptors (Lipinski definition) is 7. The molecule has 0 saturated carbocycles. The Morgan fingerprint density at radius 1 is 1.16 bits per heavy atom. The van der Waals surface area contributed by atoms with Crippen LogP contribution in [0.5, 0.6) is 5.75 Å². The second-order valence-electron chi connectivity index (χ2n) is 6.59. The van der Waals surface area contributed by atoms with Crippen LogP contribution >= 0.6 is 11.3 Å². The van der Waals surface area contributed by atoms with Crippen LogP contribution in [-0.2, 0) is 11.3 Å². The van der Waals surface area contributed by atoms with Gasteiger partial charge in [0.15, 0.2) is 5.75 Å². The van der Waals surface area contributed by atoms with Crippen LogP contribution in [0.15, 0.2) is 59.3 Å². The molecule has 3 aromatic rings. The Hall–Kier alpha value is -3.72. The Labute approximate surface area is 182 Å². The maximum absolute atomic E-state index is 12.6. The Balaban J connectivity index is 1.67. The zero-order chi connectivity index (χ0) is 22.2. The minimum absolute atomic E-state index is 0.0139. The summed E-state index contributed by atoms with van der Waals surface area (Å²) in [4.78, 5) is 35.5. The first kappa shape index (κ1) is 22.0. The topological polar surface area (TPSA) is 108 Å². The number of amides is 1. The zero-order valence-electron chi connectivity index (χ0n) is 16.7. The molecule has 0 aliphatic heterocycles. The van der Waals surface area contributed by atoms with Crippen LogP contribution < -0.4 is 10.1 Å². The number of carbonyl (C=O) groups excluding carboxylic acids is 2. The first-order valence-corrected chi connectivity index (χ1v) is 10.3. The maximum Gasteiger partial charge on any atom is 0.339 e. The highest BCUT2D eigenvalue weighted by Gasteiger charge is 2.26. The van der Waals surface area contributed by atoms with Crippen LogP contribution in [0.1, 0.15) is 31.8 Å². The van der Waals surface area contributed by atoms with Crippen molar-refractivity contribution >= 4 is 28.9 Å². The number of nitrogens with zero attached hydrogens (tertiary/aromatic N) is 1. The lowest BCUT2D eigenvalue weighted by Gasteiger charge is -2.12. The number of esters is 1. The number of hydrogen-bond donors (Lipinski definition) is 1. The molecule has 0 atom stereocenters. The molecule has 1 heterocycles. The molecule has 1 amide bonds. The largest absolute Gasteiger partial charge is 0.482 e. The SMILES string of the molecule is Cc1cc(OCc2ccccc2)c([N+](=O)[O-])c(C(=O)NCCOC(=O)c2ccsc2)c1. The van der Waals surface area contributed by atoms with E-state index in [1.165, 1.54) is 23.5 Å². The van der Waals surface area contributed by atoms with Gasteiger partial charge in [0.05, 0.1) is 17.0 Å². The van der Waals surface area contributed by atoms with E-state index in [2.05, 4.69) is 5.32 Å². The molecule has 1 aromatic heterocycles. The van der Waals surface area contributed by atoms with Gasteiger partial charge < -0.3 is 14.8 Å². The summed E-state index contributed by atoms with van der Waals surface area (Å²) in [5.41, 5.74) is 1.40. The van der Waals surface area contributed by atoms with Crippen molar-refractivity contribution in [3.63, 3.8) is 0 Å². The molecule has 0 fully saturated rings. The molecule has 0 spiro atoms. The molecular weight excluding hydrogens is 420 g/mol. The molecule has 0 unspecified atom stereocenters. The molecule has 160 valence electrons. The van der Waals surface area contributed by atoms with Crippen molar-refractivity contribution in [2.75, 3.05) is 13.2 Å². The highest BCUT2D eigenvalue weighted by atomic mass is 32.1. The van der Waals surface area contributed by atoms with Crippen molar-refractivity contribution in [3.05, 3.63) is 91.7 Å². The summed E-state index contributed by atoms with van der Waals surface area (Å²) in [6.45, 7) is 1.81. The second kappa shape index (κ2) is 10.4. The number of ether oxygens (including phenoxy) is 2. The van der Waals surface area contributed by atoms with E-state index in [0.29, 0.717) is 11.1 Å². The molecule has 9 heteroatoms. The summed E-state index contributed by atoms with van der Waals surface area (Å²) in [5.74, 6) is -1.12. The molecule has 31 heavy (non-hydrogen) atoms. The van der Waals surface area contributed by atoms with Crippen molar-refractivity contribution in [2.45, 2.75) is 13.5 Å². The first-order chi connectivity index (χ1) is 15.0. The number of aryl methyl sites for hydroxylation is 1. The van der Waals surface area contributed by atoms with Gasteiger partial charge in [-0.05, 0) is 41.6 Å². The molecule has 0 aliphatic rings. The fourth-order valence-electron chi connectivity index (χ4n) is 2.82. The summed E-state index contributed by atoms with van der Waals surface area (Å²) >= 11 is 1.37. The van der Waals surface area contributed by atoms with E-state index in [1.807, 2.05) is 30.3 Å². The lowest BCUT2D eigenvalue weighted by Crippen LogP contribution is -2.28. The van der Waals surface area contributed by atoms with E-state index >= 15 is 0 Å². The van der Waals surface area contributed by atoms with Crippen molar-refractivity contribution in [3.8, 4) is 5.75 Å². The highest BCUT2D eigenvalue weighted by Crippen LogP contribution is 2.33. The van der Waals surface area contributed by atoms with E-state index < -0.39 is 22.5 Å². The third kappa shape index (κ3) is 5.89. The van der Waals surface area contributed by atoms with Gasteiger partial charge in [-0.25, -0.2) is 4.79 Å². The second-order valence-corrected chi connectivity index (χ2v) is 7.37. The summed E-state index contributed by atoms with van der Waals surface area (Å²) in [5, 5.41) is 17.7. The summed E-state index contributed by atoms with van der Waals surface area (Å²) in [6, 6.07) is 13.8. The van der Waals surface area contributed by atoms with Crippen LogP contribution in [0, 0.1) is 17.0 Å². The van der Waals surface area contributed by atoms with Crippen LogP contribution in [0.25, 0.3) is 0 Å². The van der Waals surface area contributed by atoms with Gasteiger partial charge in [-0.2, -0.15) is 11.3 Å². The standard InChI is InChI=1S/C22H20N2O6S/c1-15-11-18(21(25)23-8-9-29-22(26)17-7-10-31-14-17)20(24(27)28)19(12-15)30-13-16-5-3-2-4-6-16/h2-7,10-12,14H,8-9,13H2,1H3,(H,23,25). The third-order valence-electron chi connectivity index (χ3n) is 4.26. The monoisotopic (exact) mass is 440 g/mol. The van der Waals surface area contributed by atoms with Crippen LogP contribution in [0.2, 0.25) is 0 Å². The number of carbonyl (C=O) groups is 2. The molecule has 0 radical (unpaired) electrons. The zero-order valence-corrected chi connectivity index (χ0v) is 17.5. The minimum atomic E-state index is -0.647. The van der Waals surface area contributed by atoms with Gasteiger partial charge in [-0.3, -0.25) is 14.9 Å². The van der Waals surface area contributed by atoms with Gasteiger partial charge in [-0.1, -0.05) is 30.3 Å². The van der Waals surface area contributed by atoms with E-state index in [4.69, 9.17) is 9.47 Å². The summed E-state index contributed by atoms with van der Waals surface area (Å²) in [6.07, 6.45) is 0. The Morgan fingerprint density at radius 3 is 2.61 bits per heavy atom. The molecule has 8 nitrogen and oxygen atoms in total. The fraction of sp³-hybridized carbons (Fsp3) is 0.182. The van der Waals surface area contributed by atoms with Crippen LogP contribution in [-0.4, -0.2) is 30.0 Å². The van der Waals surface area contributed by atoms with Gasteiger partial charge in [0.25, 0.3) is 5.91 Å². The van der Waals surface area contributed by atoms with Crippen LogP contribution in [0.4, 0.5) is 5.69 Å². The average Bonchev–Trinajstić information content (AvgIpc) is 3.30. The number of rotatable bonds is 9. The predicted molar refractivity (Wildman–Crippen MR) is 116 cm³/mol. The summed E-state index contributed by atoms with van der Waals surface area (Å²) < 4.78 is 10.7. The number of thiophene rings is 1. The molecule has 0 saturated heterocycles. The molecular formula is C22H20N2O6S. The van der Waals surface area contributed by atoms with Crippen molar-refractivity contribution in [1.82, 2.24) is 5.32 Å². The van der Waals surface area contributed by atoms with Crippen LogP contribution in [0.3, 0.4) is 0 Å². The average molecular weight is 440 g/mol. The summed E-state index contributed by atoms with van der Waals surface area (Å²) in [7, 11) is 0. The number of benzene rings is 2. The molecule has 1 N–H and O–H groups in total. The molecule has 2 aromatic carbocycles. The smallest absolute Gasteiger partial charge is 0.339 e. The maximum atomic E-state index is 12.6. The first-order valence-electron chi connectivity index (χ1n) is 9.39. The van der Waals surface area contributed by atoms with Crippen molar-refractivity contribution in [1.29, 1.82) is 0 Å². The minimum Gasteiger partial charge on any atom is -0.482 e. The number of nitro benzene ring substituents is 1. The number of nitrogens with one attached hydrogen (secondary N) is 1. The van der Waals surface area contributed by atoms with Gasteiger partial charge in [0.1, 0.15) is 18.8 Å². The van der Waals surface area contributed by atoms with Gasteiger partial charge >= 0.3 is 11.7 Å².